The molecular weight excluding hydrogens is 185 g/mol. The predicted octanol–water partition coefficient (Wildman–Crippen LogP) is -1.14. The zero-order valence-corrected chi connectivity index (χ0v) is 7.89. The molecule has 1 heterocycles. The number of carbonyl (C=O) groups excluding carboxylic acids is 1. The minimum absolute atomic E-state index is 0.0631. The van der Waals surface area contributed by atoms with E-state index in [0.29, 0.717) is 5.69 Å². The number of aromatic nitrogens is 1. The highest BCUT2D eigenvalue weighted by molar-refractivity contribution is 6.60. The average Bonchev–Trinajstić information content (AvgIpc) is 2.16. The first-order chi connectivity index (χ1) is 6.56. The van der Waals surface area contributed by atoms with Crippen molar-refractivity contribution in [1.82, 2.24) is 4.98 Å². The van der Waals surface area contributed by atoms with E-state index in [-0.39, 0.29) is 11.0 Å². The van der Waals surface area contributed by atoms with Crippen LogP contribution in [0, 0.1) is 6.92 Å². The lowest BCUT2D eigenvalue weighted by Crippen LogP contribution is -2.35. The lowest BCUT2D eigenvalue weighted by Gasteiger charge is -2.06. The number of esters is 1. The highest BCUT2D eigenvalue weighted by Crippen LogP contribution is 1.99. The van der Waals surface area contributed by atoms with Crippen LogP contribution in [0.25, 0.3) is 0 Å². The minimum atomic E-state index is -1.70. The molecule has 2 N–H and O–H groups in total. The number of carbonyl (C=O) groups is 1. The Morgan fingerprint density at radius 2 is 2.21 bits per heavy atom. The molecule has 0 unspecified atom stereocenters. The van der Waals surface area contributed by atoms with Crippen LogP contribution in [0.5, 0.6) is 0 Å². The molecule has 0 atom stereocenters. The summed E-state index contributed by atoms with van der Waals surface area (Å²) in [4.78, 5) is 15.0. The van der Waals surface area contributed by atoms with Crippen LogP contribution in [0.3, 0.4) is 0 Å². The molecule has 0 aromatic carbocycles. The average molecular weight is 195 g/mol. The van der Waals surface area contributed by atoms with Gasteiger partial charge in [0, 0.05) is 11.9 Å². The fourth-order valence-corrected chi connectivity index (χ4v) is 1.08. The van der Waals surface area contributed by atoms with Crippen LogP contribution in [0.15, 0.2) is 12.3 Å². The highest BCUT2D eigenvalue weighted by atomic mass is 16.5. The van der Waals surface area contributed by atoms with Crippen LogP contribution in [0.4, 0.5) is 0 Å². The smallest absolute Gasteiger partial charge is 0.465 e. The van der Waals surface area contributed by atoms with Gasteiger partial charge in [0.25, 0.3) is 0 Å². The van der Waals surface area contributed by atoms with Crippen LogP contribution >= 0.6 is 0 Å². The molecule has 74 valence electrons. The van der Waals surface area contributed by atoms with Gasteiger partial charge in [0.1, 0.15) is 0 Å². The van der Waals surface area contributed by atoms with Gasteiger partial charge in [-0.05, 0) is 18.5 Å². The monoisotopic (exact) mass is 195 g/mol. The predicted molar refractivity (Wildman–Crippen MR) is 50.1 cm³/mol. The Hall–Kier alpha value is -1.40. The van der Waals surface area contributed by atoms with Crippen LogP contribution < -0.4 is 5.46 Å². The van der Waals surface area contributed by atoms with Crippen molar-refractivity contribution in [3.05, 3.63) is 23.5 Å². The molecule has 6 heteroatoms. The minimum Gasteiger partial charge on any atom is -0.465 e. The van der Waals surface area contributed by atoms with E-state index < -0.39 is 13.1 Å². The topological polar surface area (TPSA) is 79.7 Å². The van der Waals surface area contributed by atoms with E-state index in [0.717, 1.165) is 0 Å². The molecule has 0 radical (unpaired) electrons. The first-order valence-corrected chi connectivity index (χ1v) is 3.97. The van der Waals surface area contributed by atoms with Crippen LogP contribution in [0.1, 0.15) is 16.1 Å². The Kier molecular flexibility index (Phi) is 3.21. The Morgan fingerprint density at radius 3 is 2.71 bits per heavy atom. The largest absolute Gasteiger partial charge is 0.489 e. The molecule has 0 amide bonds. The summed E-state index contributed by atoms with van der Waals surface area (Å²) >= 11 is 0. The van der Waals surface area contributed by atoms with Gasteiger partial charge in [0.2, 0.25) is 0 Å². The lowest BCUT2D eigenvalue weighted by atomic mass is 9.77. The summed E-state index contributed by atoms with van der Waals surface area (Å²) in [5, 5.41) is 18.0. The molecule has 0 saturated heterocycles. The van der Waals surface area contributed by atoms with Crippen molar-refractivity contribution in [3.63, 3.8) is 0 Å². The number of methoxy groups -OCH3 is 1. The maximum Gasteiger partial charge on any atom is 0.489 e. The third-order valence-electron chi connectivity index (χ3n) is 1.76. The first-order valence-electron chi connectivity index (χ1n) is 3.97. The fourth-order valence-electron chi connectivity index (χ4n) is 1.08. The first kappa shape index (κ1) is 10.7. The van der Waals surface area contributed by atoms with Gasteiger partial charge in [0.05, 0.1) is 12.7 Å². The number of pyridine rings is 1. The molecule has 14 heavy (non-hydrogen) atoms. The van der Waals surface area contributed by atoms with E-state index >= 15 is 0 Å². The second-order valence-corrected chi connectivity index (χ2v) is 2.78. The van der Waals surface area contributed by atoms with Crippen LogP contribution in [-0.2, 0) is 4.74 Å². The zero-order chi connectivity index (χ0) is 10.7. The second-order valence-electron chi connectivity index (χ2n) is 2.78. The molecule has 0 bridgehead atoms. The van der Waals surface area contributed by atoms with E-state index in [1.54, 1.807) is 6.92 Å². The summed E-state index contributed by atoms with van der Waals surface area (Å²) in [5.41, 5.74) is 0.762. The summed E-state index contributed by atoms with van der Waals surface area (Å²) in [7, 11) is -0.485. The van der Waals surface area contributed by atoms with Gasteiger partial charge in [-0.25, -0.2) is 4.79 Å². The Balaban J connectivity index is 3.21. The summed E-state index contributed by atoms with van der Waals surface area (Å²) in [6, 6.07) is 1.43. The SMILES string of the molecule is COC(=O)c1cnc(C)cc1B(O)O. The van der Waals surface area contributed by atoms with E-state index in [9.17, 15) is 4.79 Å². The lowest BCUT2D eigenvalue weighted by molar-refractivity contribution is 0.0601. The molecule has 0 aliphatic rings. The van der Waals surface area contributed by atoms with E-state index in [1.165, 1.54) is 19.4 Å². The summed E-state index contributed by atoms with van der Waals surface area (Å²) in [6.07, 6.45) is 1.26. The van der Waals surface area contributed by atoms with E-state index in [2.05, 4.69) is 9.72 Å². The number of aryl methyl sites for hydroxylation is 1. The molecule has 1 aromatic heterocycles. The number of nitrogens with zero attached hydrogens (tertiary/aromatic N) is 1. The third kappa shape index (κ3) is 2.10. The van der Waals surface area contributed by atoms with Crippen molar-refractivity contribution in [3.8, 4) is 0 Å². The fraction of sp³-hybridized carbons (Fsp3) is 0.250. The summed E-state index contributed by atoms with van der Waals surface area (Å²) < 4.78 is 4.47. The zero-order valence-electron chi connectivity index (χ0n) is 7.89. The van der Waals surface area contributed by atoms with Crippen LogP contribution in [0.2, 0.25) is 0 Å². The Morgan fingerprint density at radius 1 is 1.57 bits per heavy atom. The normalized spacial score (nSPS) is 9.71. The number of ether oxygens (including phenoxy) is 1. The van der Waals surface area contributed by atoms with Gasteiger partial charge in [-0.2, -0.15) is 0 Å². The standard InChI is InChI=1S/C8H10BNO4/c1-5-3-7(9(12)13)6(4-10-5)8(11)14-2/h3-4,12-13H,1-2H3. The molecule has 1 rings (SSSR count). The molecule has 1 aromatic rings. The molecule has 5 nitrogen and oxygen atoms in total. The van der Waals surface area contributed by atoms with Gasteiger partial charge in [-0.1, -0.05) is 0 Å². The molecule has 0 fully saturated rings. The van der Waals surface area contributed by atoms with Gasteiger partial charge >= 0.3 is 13.1 Å². The molecule has 0 spiro atoms. The molecular formula is C8H10BNO4. The maximum atomic E-state index is 11.2. The maximum absolute atomic E-state index is 11.2. The van der Waals surface area contributed by atoms with Gasteiger partial charge in [-0.15, -0.1) is 0 Å². The van der Waals surface area contributed by atoms with Crippen molar-refractivity contribution in [1.29, 1.82) is 0 Å². The summed E-state index contributed by atoms with van der Waals surface area (Å²) in [6.45, 7) is 1.69. The van der Waals surface area contributed by atoms with Gasteiger partial charge in [0.15, 0.2) is 0 Å². The second kappa shape index (κ2) is 4.21. The van der Waals surface area contributed by atoms with Gasteiger partial charge in [-0.3, -0.25) is 4.98 Å². The van der Waals surface area contributed by atoms with Gasteiger partial charge < -0.3 is 14.8 Å². The van der Waals surface area contributed by atoms with Crippen molar-refractivity contribution >= 4 is 18.6 Å². The Bertz CT molecular complexity index is 353. The van der Waals surface area contributed by atoms with Crippen molar-refractivity contribution < 1.29 is 19.6 Å². The molecule has 0 aliphatic carbocycles. The van der Waals surface area contributed by atoms with E-state index in [1.807, 2.05) is 0 Å². The van der Waals surface area contributed by atoms with Crippen molar-refractivity contribution in [2.75, 3.05) is 7.11 Å². The Labute approximate surface area is 81.5 Å². The van der Waals surface area contributed by atoms with E-state index in [4.69, 9.17) is 10.0 Å². The quantitative estimate of drug-likeness (QED) is 0.460. The third-order valence-corrected chi connectivity index (χ3v) is 1.76. The highest BCUT2D eigenvalue weighted by Gasteiger charge is 2.21. The number of hydrogen-bond donors (Lipinski definition) is 2. The van der Waals surface area contributed by atoms with Crippen LogP contribution in [-0.4, -0.2) is 35.2 Å². The van der Waals surface area contributed by atoms with Crippen molar-refractivity contribution in [2.24, 2.45) is 0 Å². The number of rotatable bonds is 2. The van der Waals surface area contributed by atoms with Crippen molar-refractivity contribution in [2.45, 2.75) is 6.92 Å². The molecule has 0 aliphatic heterocycles. The number of hydrogen-bond acceptors (Lipinski definition) is 5. The summed E-state index contributed by atoms with van der Waals surface area (Å²) in [5.74, 6) is -0.638. The molecule has 0 saturated carbocycles.